The molecule has 2 atom stereocenters. The van der Waals surface area contributed by atoms with Crippen molar-refractivity contribution in [2.24, 2.45) is 5.92 Å². The van der Waals surface area contributed by atoms with E-state index in [0.29, 0.717) is 30.4 Å². The van der Waals surface area contributed by atoms with Crippen LogP contribution in [0, 0.1) is 18.7 Å². The monoisotopic (exact) mass is 484 g/mol. The highest BCUT2D eigenvalue weighted by Crippen LogP contribution is 2.27. The third kappa shape index (κ3) is 5.52. The molecule has 1 fully saturated rings. The van der Waals surface area contributed by atoms with Crippen LogP contribution in [0.3, 0.4) is 0 Å². The molecule has 184 valence electrons. The molecule has 6 nitrogen and oxygen atoms in total. The fourth-order valence-corrected chi connectivity index (χ4v) is 4.80. The molecule has 3 aromatic carbocycles. The van der Waals surface area contributed by atoms with Crippen molar-refractivity contribution < 1.29 is 13.7 Å². The number of piperidine rings is 1. The van der Waals surface area contributed by atoms with Crippen LogP contribution in [0.2, 0.25) is 0 Å². The molecule has 0 bridgehead atoms. The van der Waals surface area contributed by atoms with Gasteiger partial charge in [-0.05, 0) is 67.3 Å². The molecule has 2 unspecified atom stereocenters. The smallest absolute Gasteiger partial charge is 0.241 e. The SMILES string of the molecule is Cc1ccccc1C(NC(=O)C1CCCN(Cc2nc(-c3ccc(F)cc3)no2)C1)c1ccccc1. The normalized spacial score (nSPS) is 17.0. The molecular weight excluding hydrogens is 455 g/mol. The minimum absolute atomic E-state index is 0.0503. The molecule has 0 aliphatic carbocycles. The number of hydrogen-bond donors (Lipinski definition) is 1. The highest BCUT2D eigenvalue weighted by atomic mass is 19.1. The van der Waals surface area contributed by atoms with Gasteiger partial charge in [0.15, 0.2) is 0 Å². The number of aryl methyl sites for hydroxylation is 1. The summed E-state index contributed by atoms with van der Waals surface area (Å²) in [6.07, 6.45) is 1.75. The lowest BCUT2D eigenvalue weighted by Crippen LogP contribution is -2.44. The van der Waals surface area contributed by atoms with Gasteiger partial charge in [-0.1, -0.05) is 59.8 Å². The standard InChI is InChI=1S/C29H29FN4O2/c1-20-8-5-6-12-25(20)27(21-9-3-2-4-10-21)32-29(35)23-11-7-17-34(18-23)19-26-31-28(33-36-26)22-13-15-24(30)16-14-22/h2-6,8-10,12-16,23,27H,7,11,17-19H2,1H3,(H,32,35). The Kier molecular flexibility index (Phi) is 7.18. The Hall–Kier alpha value is -3.84. The molecule has 1 aliphatic rings. The Balaban J connectivity index is 1.26. The summed E-state index contributed by atoms with van der Waals surface area (Å²) < 4.78 is 18.7. The maximum Gasteiger partial charge on any atom is 0.241 e. The van der Waals surface area contributed by atoms with Crippen LogP contribution >= 0.6 is 0 Å². The minimum Gasteiger partial charge on any atom is -0.345 e. The summed E-state index contributed by atoms with van der Waals surface area (Å²) in [5.74, 6) is 0.525. The van der Waals surface area contributed by atoms with Gasteiger partial charge in [0.2, 0.25) is 17.6 Å². The van der Waals surface area contributed by atoms with Crippen LogP contribution in [-0.4, -0.2) is 34.0 Å². The van der Waals surface area contributed by atoms with E-state index in [4.69, 9.17) is 4.52 Å². The molecule has 7 heteroatoms. The number of benzene rings is 3. The van der Waals surface area contributed by atoms with Crippen LogP contribution < -0.4 is 5.32 Å². The van der Waals surface area contributed by atoms with Crippen molar-refractivity contribution in [1.82, 2.24) is 20.4 Å². The van der Waals surface area contributed by atoms with Crippen molar-refractivity contribution in [2.75, 3.05) is 13.1 Å². The molecule has 0 radical (unpaired) electrons. The second kappa shape index (κ2) is 10.8. The molecule has 1 amide bonds. The molecule has 1 aliphatic heterocycles. The summed E-state index contributed by atoms with van der Waals surface area (Å²) >= 11 is 0. The molecule has 4 aromatic rings. The average molecular weight is 485 g/mol. The zero-order valence-electron chi connectivity index (χ0n) is 20.2. The topological polar surface area (TPSA) is 71.3 Å². The van der Waals surface area contributed by atoms with Gasteiger partial charge in [0, 0.05) is 12.1 Å². The van der Waals surface area contributed by atoms with Gasteiger partial charge < -0.3 is 9.84 Å². The number of aromatic nitrogens is 2. The van der Waals surface area contributed by atoms with Gasteiger partial charge in [-0.25, -0.2) is 4.39 Å². The van der Waals surface area contributed by atoms with Crippen molar-refractivity contribution in [2.45, 2.75) is 32.4 Å². The number of carbonyl (C=O) groups excluding carboxylic acids is 1. The summed E-state index contributed by atoms with van der Waals surface area (Å²) in [5, 5.41) is 7.36. The summed E-state index contributed by atoms with van der Waals surface area (Å²) in [7, 11) is 0. The highest BCUT2D eigenvalue weighted by Gasteiger charge is 2.29. The second-order valence-corrected chi connectivity index (χ2v) is 9.30. The molecule has 36 heavy (non-hydrogen) atoms. The fourth-order valence-electron chi connectivity index (χ4n) is 4.80. The third-order valence-electron chi connectivity index (χ3n) is 6.72. The molecule has 1 aromatic heterocycles. The van der Waals surface area contributed by atoms with E-state index >= 15 is 0 Å². The quantitative estimate of drug-likeness (QED) is 0.385. The van der Waals surface area contributed by atoms with E-state index in [9.17, 15) is 9.18 Å². The highest BCUT2D eigenvalue weighted by molar-refractivity contribution is 5.80. The van der Waals surface area contributed by atoms with Crippen LogP contribution in [-0.2, 0) is 11.3 Å². The van der Waals surface area contributed by atoms with Gasteiger partial charge >= 0.3 is 0 Å². The first-order valence-corrected chi connectivity index (χ1v) is 12.3. The van der Waals surface area contributed by atoms with E-state index in [0.717, 1.165) is 36.1 Å². The first kappa shape index (κ1) is 23.9. The number of carbonyl (C=O) groups is 1. The van der Waals surface area contributed by atoms with Gasteiger partial charge in [-0.3, -0.25) is 9.69 Å². The Morgan fingerprint density at radius 2 is 1.83 bits per heavy atom. The minimum atomic E-state index is -0.308. The molecule has 0 saturated carbocycles. The van der Waals surface area contributed by atoms with E-state index in [1.165, 1.54) is 12.1 Å². The Bertz CT molecular complexity index is 1310. The van der Waals surface area contributed by atoms with E-state index in [-0.39, 0.29) is 23.7 Å². The third-order valence-corrected chi connectivity index (χ3v) is 6.72. The predicted octanol–water partition coefficient (Wildman–Crippen LogP) is 5.30. The van der Waals surface area contributed by atoms with Crippen LogP contribution in [0.4, 0.5) is 4.39 Å². The summed E-state index contributed by atoms with van der Waals surface area (Å²) in [5.41, 5.74) is 4.01. The fraction of sp³-hybridized carbons (Fsp3) is 0.276. The van der Waals surface area contributed by atoms with Gasteiger partial charge in [0.05, 0.1) is 18.5 Å². The molecule has 2 heterocycles. The van der Waals surface area contributed by atoms with Crippen LogP contribution in [0.5, 0.6) is 0 Å². The number of halogens is 1. The molecule has 1 N–H and O–H groups in total. The first-order chi connectivity index (χ1) is 17.6. The Morgan fingerprint density at radius 3 is 2.61 bits per heavy atom. The lowest BCUT2D eigenvalue weighted by atomic mass is 9.92. The van der Waals surface area contributed by atoms with Crippen LogP contribution in [0.1, 0.15) is 41.5 Å². The van der Waals surface area contributed by atoms with Crippen LogP contribution in [0.15, 0.2) is 83.4 Å². The molecule has 0 spiro atoms. The number of rotatable bonds is 7. The zero-order chi connectivity index (χ0) is 24.9. The van der Waals surface area contributed by atoms with Gasteiger partial charge in [0.25, 0.3) is 0 Å². The largest absolute Gasteiger partial charge is 0.345 e. The maximum absolute atomic E-state index is 13.5. The molecular formula is C29H29FN4O2. The van der Waals surface area contributed by atoms with E-state index in [1.807, 2.05) is 30.3 Å². The molecule has 5 rings (SSSR count). The lowest BCUT2D eigenvalue weighted by molar-refractivity contribution is -0.127. The predicted molar refractivity (Wildman–Crippen MR) is 135 cm³/mol. The van der Waals surface area contributed by atoms with E-state index in [1.54, 1.807) is 12.1 Å². The van der Waals surface area contributed by atoms with Crippen molar-refractivity contribution in [1.29, 1.82) is 0 Å². The summed E-state index contributed by atoms with van der Waals surface area (Å²) in [4.78, 5) is 20.1. The number of nitrogens with one attached hydrogen (secondary N) is 1. The number of hydrogen-bond acceptors (Lipinski definition) is 5. The Labute approximate surface area is 210 Å². The lowest BCUT2D eigenvalue weighted by Gasteiger charge is -2.32. The maximum atomic E-state index is 13.5. The van der Waals surface area contributed by atoms with Crippen molar-refractivity contribution >= 4 is 5.91 Å². The van der Waals surface area contributed by atoms with Crippen molar-refractivity contribution in [3.8, 4) is 11.4 Å². The van der Waals surface area contributed by atoms with Gasteiger partial charge in [-0.15, -0.1) is 0 Å². The molecule has 1 saturated heterocycles. The average Bonchev–Trinajstić information content (AvgIpc) is 3.37. The second-order valence-electron chi connectivity index (χ2n) is 9.30. The van der Waals surface area contributed by atoms with Gasteiger partial charge in [-0.2, -0.15) is 4.98 Å². The summed E-state index contributed by atoms with van der Waals surface area (Å²) in [6.45, 7) is 4.02. The zero-order valence-corrected chi connectivity index (χ0v) is 20.2. The summed E-state index contributed by atoms with van der Waals surface area (Å²) in [6, 6.07) is 24.1. The van der Waals surface area contributed by atoms with Crippen LogP contribution in [0.25, 0.3) is 11.4 Å². The van der Waals surface area contributed by atoms with Crippen molar-refractivity contribution in [3.63, 3.8) is 0 Å². The number of amides is 1. The number of likely N-dealkylation sites (tertiary alicyclic amines) is 1. The Morgan fingerprint density at radius 1 is 1.08 bits per heavy atom. The van der Waals surface area contributed by atoms with Gasteiger partial charge in [0.1, 0.15) is 5.82 Å². The van der Waals surface area contributed by atoms with E-state index in [2.05, 4.69) is 51.5 Å². The first-order valence-electron chi connectivity index (χ1n) is 12.3. The number of nitrogens with zero attached hydrogens (tertiary/aromatic N) is 3. The van der Waals surface area contributed by atoms with Crippen molar-refractivity contribution in [3.05, 3.63) is 107 Å². The van der Waals surface area contributed by atoms with E-state index < -0.39 is 0 Å².